The lowest BCUT2D eigenvalue weighted by molar-refractivity contribution is -0.147. The molecule has 0 spiro atoms. The summed E-state index contributed by atoms with van der Waals surface area (Å²) in [6.07, 6.45) is -4.16. The molecule has 0 radical (unpaired) electrons. The van der Waals surface area contributed by atoms with Gasteiger partial charge in [-0.1, -0.05) is 18.2 Å². The van der Waals surface area contributed by atoms with Crippen LogP contribution >= 0.6 is 0 Å². The van der Waals surface area contributed by atoms with Crippen molar-refractivity contribution < 1.29 is 27.6 Å². The molecule has 3 amide bonds. The Kier molecular flexibility index (Phi) is 4.30. The molecule has 1 aromatic carbocycles. The minimum absolute atomic E-state index is 0.0441. The summed E-state index contributed by atoms with van der Waals surface area (Å²) in [5.74, 6) is -4.10. The van der Waals surface area contributed by atoms with Gasteiger partial charge in [-0.3, -0.25) is 19.7 Å². The number of imide groups is 1. The predicted octanol–water partition coefficient (Wildman–Crippen LogP) is 2.25. The predicted molar refractivity (Wildman–Crippen MR) is 81.0 cm³/mol. The SMILES string of the molecule is C[C@H](c1cccc2c1CN(C(=O)C1CCC(=O)NC1=O)C2)C(F)(F)F. The average molecular weight is 354 g/mol. The second kappa shape index (κ2) is 6.16. The number of carbonyl (C=O) groups is 3. The van der Waals surface area contributed by atoms with E-state index in [0.717, 1.165) is 6.92 Å². The number of rotatable bonds is 2. The highest BCUT2D eigenvalue weighted by Gasteiger charge is 2.41. The van der Waals surface area contributed by atoms with Crippen LogP contribution in [0.15, 0.2) is 18.2 Å². The number of piperidine rings is 1. The molecule has 25 heavy (non-hydrogen) atoms. The molecule has 1 unspecified atom stereocenters. The Morgan fingerprint density at radius 1 is 1.28 bits per heavy atom. The normalized spacial score (nSPS) is 21.8. The van der Waals surface area contributed by atoms with Gasteiger partial charge in [0.15, 0.2) is 0 Å². The molecule has 1 aromatic rings. The zero-order chi connectivity index (χ0) is 18.4. The zero-order valence-corrected chi connectivity index (χ0v) is 13.5. The Bertz CT molecular complexity index is 745. The van der Waals surface area contributed by atoms with Crippen molar-refractivity contribution in [2.24, 2.45) is 5.92 Å². The Hall–Kier alpha value is -2.38. The van der Waals surface area contributed by atoms with Crippen LogP contribution in [0.1, 0.15) is 42.4 Å². The molecule has 3 rings (SSSR count). The van der Waals surface area contributed by atoms with Gasteiger partial charge in [0, 0.05) is 19.5 Å². The lowest BCUT2D eigenvalue weighted by atomic mass is 9.93. The van der Waals surface area contributed by atoms with Crippen molar-refractivity contribution in [2.45, 2.75) is 44.9 Å². The molecule has 8 heteroatoms. The Morgan fingerprint density at radius 3 is 2.64 bits per heavy atom. The van der Waals surface area contributed by atoms with E-state index in [-0.39, 0.29) is 31.5 Å². The smallest absolute Gasteiger partial charge is 0.333 e. The van der Waals surface area contributed by atoms with Crippen LogP contribution in [0.25, 0.3) is 0 Å². The Labute approximate surface area is 142 Å². The molecule has 2 aliphatic heterocycles. The van der Waals surface area contributed by atoms with E-state index in [9.17, 15) is 27.6 Å². The molecule has 1 N–H and O–H groups in total. The molecular formula is C17H17F3N2O3. The van der Waals surface area contributed by atoms with Gasteiger partial charge in [0.05, 0.1) is 5.92 Å². The number of amides is 3. The Morgan fingerprint density at radius 2 is 2.00 bits per heavy atom. The highest BCUT2D eigenvalue weighted by molar-refractivity contribution is 6.08. The van der Waals surface area contributed by atoms with E-state index in [0.29, 0.717) is 11.1 Å². The largest absolute Gasteiger partial charge is 0.395 e. The van der Waals surface area contributed by atoms with Crippen LogP contribution in [0.2, 0.25) is 0 Å². The van der Waals surface area contributed by atoms with Crippen LogP contribution in [0.4, 0.5) is 13.2 Å². The highest BCUT2D eigenvalue weighted by Crippen LogP contribution is 2.39. The van der Waals surface area contributed by atoms with E-state index in [1.54, 1.807) is 12.1 Å². The first kappa shape index (κ1) is 17.4. The Balaban J connectivity index is 1.81. The maximum Gasteiger partial charge on any atom is 0.395 e. The van der Waals surface area contributed by atoms with E-state index < -0.39 is 35.7 Å². The fourth-order valence-electron chi connectivity index (χ4n) is 3.34. The number of fused-ring (bicyclic) bond motifs is 1. The quantitative estimate of drug-likeness (QED) is 0.654. The summed E-state index contributed by atoms with van der Waals surface area (Å²) in [5.41, 5.74) is 1.31. The average Bonchev–Trinajstić information content (AvgIpc) is 2.96. The summed E-state index contributed by atoms with van der Waals surface area (Å²) in [6, 6.07) is 4.67. The summed E-state index contributed by atoms with van der Waals surface area (Å²) >= 11 is 0. The van der Waals surface area contributed by atoms with Crippen LogP contribution in [0.5, 0.6) is 0 Å². The summed E-state index contributed by atoms with van der Waals surface area (Å²) < 4.78 is 39.2. The fraction of sp³-hybridized carbons (Fsp3) is 0.471. The summed E-state index contributed by atoms with van der Waals surface area (Å²) in [5, 5.41) is 2.13. The van der Waals surface area contributed by atoms with Gasteiger partial charge in [0.2, 0.25) is 17.7 Å². The second-order valence-electron chi connectivity index (χ2n) is 6.45. The molecular weight excluding hydrogens is 337 g/mol. The monoisotopic (exact) mass is 354 g/mol. The topological polar surface area (TPSA) is 66.5 Å². The van der Waals surface area contributed by atoms with Gasteiger partial charge in [-0.05, 0) is 30.0 Å². The lowest BCUT2D eigenvalue weighted by Crippen LogP contribution is -2.47. The van der Waals surface area contributed by atoms with E-state index in [2.05, 4.69) is 5.32 Å². The van der Waals surface area contributed by atoms with E-state index in [1.165, 1.54) is 11.0 Å². The molecule has 0 aliphatic carbocycles. The molecule has 0 aromatic heterocycles. The minimum Gasteiger partial charge on any atom is -0.333 e. The first-order chi connectivity index (χ1) is 11.7. The standard InChI is InChI=1S/C17H17F3N2O3/c1-9(17(18,19)20)11-4-2-3-10-7-22(8-13(10)11)16(25)12-5-6-14(23)21-15(12)24/h2-4,9,12H,5-8H2,1H3,(H,21,23,24)/t9-,12?/m1/s1. The minimum atomic E-state index is -4.36. The van der Waals surface area contributed by atoms with E-state index >= 15 is 0 Å². The van der Waals surface area contributed by atoms with E-state index in [4.69, 9.17) is 0 Å². The molecule has 2 heterocycles. The second-order valence-corrected chi connectivity index (χ2v) is 6.45. The molecule has 0 bridgehead atoms. The van der Waals surface area contributed by atoms with Gasteiger partial charge in [-0.15, -0.1) is 0 Å². The summed E-state index contributed by atoms with van der Waals surface area (Å²) in [7, 11) is 0. The molecule has 5 nitrogen and oxygen atoms in total. The number of carbonyl (C=O) groups excluding carboxylic acids is 3. The first-order valence-corrected chi connectivity index (χ1v) is 7.98. The lowest BCUT2D eigenvalue weighted by Gasteiger charge is -2.25. The molecule has 134 valence electrons. The first-order valence-electron chi connectivity index (χ1n) is 7.98. The third-order valence-corrected chi connectivity index (χ3v) is 4.83. The number of hydrogen-bond donors (Lipinski definition) is 1. The number of nitrogens with one attached hydrogen (secondary N) is 1. The number of halogens is 3. The molecule has 0 saturated carbocycles. The van der Waals surface area contributed by atoms with Crippen LogP contribution < -0.4 is 5.32 Å². The van der Waals surface area contributed by atoms with Gasteiger partial charge >= 0.3 is 6.18 Å². The zero-order valence-electron chi connectivity index (χ0n) is 13.5. The summed E-state index contributed by atoms with van der Waals surface area (Å²) in [4.78, 5) is 37.0. The maximum absolute atomic E-state index is 13.1. The maximum atomic E-state index is 13.1. The van der Waals surface area contributed by atoms with Crippen molar-refractivity contribution in [3.63, 3.8) is 0 Å². The molecule has 2 aliphatic rings. The van der Waals surface area contributed by atoms with Crippen LogP contribution in [0.3, 0.4) is 0 Å². The van der Waals surface area contributed by atoms with Gasteiger partial charge in [0.1, 0.15) is 5.92 Å². The molecule has 2 atom stereocenters. The summed E-state index contributed by atoms with van der Waals surface area (Å²) in [6.45, 7) is 1.31. The van der Waals surface area contributed by atoms with Gasteiger partial charge in [-0.25, -0.2) is 0 Å². The van der Waals surface area contributed by atoms with E-state index in [1.807, 2.05) is 0 Å². The van der Waals surface area contributed by atoms with Crippen molar-refractivity contribution in [2.75, 3.05) is 0 Å². The molecule has 1 fully saturated rings. The molecule has 1 saturated heterocycles. The van der Waals surface area contributed by atoms with Gasteiger partial charge in [0.25, 0.3) is 0 Å². The number of hydrogen-bond acceptors (Lipinski definition) is 3. The van der Waals surface area contributed by atoms with Crippen molar-refractivity contribution >= 4 is 17.7 Å². The third-order valence-electron chi connectivity index (χ3n) is 4.83. The van der Waals surface area contributed by atoms with Gasteiger partial charge in [-0.2, -0.15) is 13.2 Å². The van der Waals surface area contributed by atoms with Crippen molar-refractivity contribution in [1.82, 2.24) is 10.2 Å². The third kappa shape index (κ3) is 3.25. The fourth-order valence-corrected chi connectivity index (χ4v) is 3.34. The van der Waals surface area contributed by atoms with Crippen LogP contribution in [0, 0.1) is 5.92 Å². The van der Waals surface area contributed by atoms with Crippen LogP contribution in [-0.2, 0) is 27.5 Å². The number of alkyl halides is 3. The highest BCUT2D eigenvalue weighted by atomic mass is 19.4. The van der Waals surface area contributed by atoms with Crippen LogP contribution in [-0.4, -0.2) is 28.8 Å². The van der Waals surface area contributed by atoms with Gasteiger partial charge < -0.3 is 4.90 Å². The number of nitrogens with zero attached hydrogens (tertiary/aromatic N) is 1. The number of benzene rings is 1. The van der Waals surface area contributed by atoms with Crippen molar-refractivity contribution in [3.05, 3.63) is 34.9 Å². The van der Waals surface area contributed by atoms with Crippen molar-refractivity contribution in [1.29, 1.82) is 0 Å². The van der Waals surface area contributed by atoms with Crippen molar-refractivity contribution in [3.8, 4) is 0 Å².